The Morgan fingerprint density at radius 3 is 2.42 bits per heavy atom. The van der Waals surface area contributed by atoms with Crippen LogP contribution in [0.3, 0.4) is 0 Å². The van der Waals surface area contributed by atoms with Crippen molar-refractivity contribution in [1.82, 2.24) is 4.90 Å². The fraction of sp³-hybridized carbons (Fsp3) is 0.529. The number of carboxylic acid groups (broad SMARTS) is 1. The first-order chi connectivity index (χ1) is 11.2. The van der Waals surface area contributed by atoms with Crippen LogP contribution >= 0.6 is 0 Å². The number of anilines is 1. The molecule has 0 radical (unpaired) electrons. The molecule has 2 rings (SSSR count). The zero-order valence-corrected chi connectivity index (χ0v) is 14.2. The molecule has 1 aromatic rings. The highest BCUT2D eigenvalue weighted by molar-refractivity contribution is 5.69. The number of nitrogens with zero attached hydrogens (tertiary/aromatic N) is 1. The third-order valence-electron chi connectivity index (χ3n) is 3.59. The standard InChI is InChI=1S/C17H24N2O5/c1-17(2,3)24-15(20)19-10-8-12(9-11-19)18-13-6-4-5-7-14(13)23-16(21)22/h4-7,12,18H,8-11H2,1-3H3,(H,21,22). The quantitative estimate of drug-likeness (QED) is 0.648. The second-order valence-electron chi connectivity index (χ2n) is 6.75. The van der Waals surface area contributed by atoms with E-state index in [0.29, 0.717) is 18.8 Å². The molecule has 1 amide bonds. The van der Waals surface area contributed by atoms with Crippen molar-refractivity contribution < 1.29 is 24.2 Å². The third-order valence-corrected chi connectivity index (χ3v) is 3.59. The summed E-state index contributed by atoms with van der Waals surface area (Å²) < 4.78 is 10.1. The summed E-state index contributed by atoms with van der Waals surface area (Å²) in [6, 6.07) is 7.05. The van der Waals surface area contributed by atoms with Gasteiger partial charge in [0.15, 0.2) is 5.75 Å². The van der Waals surface area contributed by atoms with Crippen molar-refractivity contribution >= 4 is 17.9 Å². The van der Waals surface area contributed by atoms with Gasteiger partial charge in [-0.05, 0) is 45.7 Å². The molecule has 7 nitrogen and oxygen atoms in total. The van der Waals surface area contributed by atoms with Crippen LogP contribution in [0.25, 0.3) is 0 Å². The van der Waals surface area contributed by atoms with Gasteiger partial charge in [0.1, 0.15) is 5.60 Å². The number of hydrogen-bond donors (Lipinski definition) is 2. The molecule has 0 aliphatic carbocycles. The molecule has 0 aromatic heterocycles. The van der Waals surface area contributed by atoms with E-state index in [0.717, 1.165) is 12.8 Å². The van der Waals surface area contributed by atoms with E-state index in [1.807, 2.05) is 26.8 Å². The van der Waals surface area contributed by atoms with Crippen LogP contribution in [0.15, 0.2) is 24.3 Å². The van der Waals surface area contributed by atoms with Crippen molar-refractivity contribution in [1.29, 1.82) is 0 Å². The molecule has 1 heterocycles. The van der Waals surface area contributed by atoms with Gasteiger partial charge in [0.05, 0.1) is 5.69 Å². The molecule has 0 spiro atoms. The predicted octanol–water partition coefficient (Wildman–Crippen LogP) is 3.55. The van der Waals surface area contributed by atoms with Crippen LogP contribution in [0.5, 0.6) is 5.75 Å². The molecule has 0 unspecified atom stereocenters. The van der Waals surface area contributed by atoms with E-state index in [-0.39, 0.29) is 17.9 Å². The zero-order valence-electron chi connectivity index (χ0n) is 14.2. The van der Waals surface area contributed by atoms with Gasteiger partial charge in [-0.2, -0.15) is 0 Å². The van der Waals surface area contributed by atoms with Crippen molar-refractivity contribution in [3.63, 3.8) is 0 Å². The summed E-state index contributed by atoms with van der Waals surface area (Å²) in [6.45, 7) is 6.72. The molecular weight excluding hydrogens is 312 g/mol. The minimum absolute atomic E-state index is 0.141. The number of hydrogen-bond acceptors (Lipinski definition) is 5. The molecule has 24 heavy (non-hydrogen) atoms. The first-order valence-corrected chi connectivity index (χ1v) is 7.99. The van der Waals surface area contributed by atoms with Crippen LogP contribution in [-0.4, -0.2) is 47.0 Å². The molecule has 1 fully saturated rings. The highest BCUT2D eigenvalue weighted by Crippen LogP contribution is 2.27. The van der Waals surface area contributed by atoms with E-state index in [1.165, 1.54) is 0 Å². The van der Waals surface area contributed by atoms with E-state index in [9.17, 15) is 9.59 Å². The highest BCUT2D eigenvalue weighted by Gasteiger charge is 2.27. The van der Waals surface area contributed by atoms with E-state index in [4.69, 9.17) is 14.6 Å². The van der Waals surface area contributed by atoms with E-state index in [1.54, 1.807) is 23.1 Å². The number of ether oxygens (including phenoxy) is 2. The fourth-order valence-corrected chi connectivity index (χ4v) is 2.52. The van der Waals surface area contributed by atoms with Crippen LogP contribution in [0, 0.1) is 0 Å². The molecule has 2 N–H and O–H groups in total. The lowest BCUT2D eigenvalue weighted by molar-refractivity contribution is 0.0210. The number of carbonyl (C=O) groups excluding carboxylic acids is 1. The Balaban J connectivity index is 1.90. The first-order valence-electron chi connectivity index (χ1n) is 7.99. The second kappa shape index (κ2) is 7.42. The van der Waals surface area contributed by atoms with Crippen molar-refractivity contribution in [3.8, 4) is 5.75 Å². The number of nitrogens with one attached hydrogen (secondary N) is 1. The lowest BCUT2D eigenvalue weighted by Gasteiger charge is -2.34. The normalized spacial score (nSPS) is 15.7. The molecular formula is C17H24N2O5. The summed E-state index contributed by atoms with van der Waals surface area (Å²) in [5, 5.41) is 12.1. The van der Waals surface area contributed by atoms with Gasteiger partial charge in [-0.1, -0.05) is 12.1 Å². The van der Waals surface area contributed by atoms with Gasteiger partial charge >= 0.3 is 12.2 Å². The van der Waals surface area contributed by atoms with Crippen molar-refractivity contribution in [2.75, 3.05) is 18.4 Å². The molecule has 1 aromatic carbocycles. The Kier molecular flexibility index (Phi) is 5.54. The van der Waals surface area contributed by atoms with Crippen molar-refractivity contribution in [2.24, 2.45) is 0 Å². The van der Waals surface area contributed by atoms with Crippen LogP contribution in [0.4, 0.5) is 15.3 Å². The lowest BCUT2D eigenvalue weighted by Crippen LogP contribution is -2.44. The van der Waals surface area contributed by atoms with Gasteiger partial charge in [0.25, 0.3) is 0 Å². The Hall–Kier alpha value is -2.44. The van der Waals surface area contributed by atoms with E-state index >= 15 is 0 Å². The Labute approximate surface area is 141 Å². The molecule has 1 aliphatic heterocycles. The molecule has 1 aliphatic rings. The largest absolute Gasteiger partial charge is 0.511 e. The van der Waals surface area contributed by atoms with Crippen molar-refractivity contribution in [2.45, 2.75) is 45.3 Å². The number of carbonyl (C=O) groups is 2. The minimum Gasteiger partial charge on any atom is -0.449 e. The summed E-state index contributed by atoms with van der Waals surface area (Å²) in [6.07, 6.45) is -0.138. The fourth-order valence-electron chi connectivity index (χ4n) is 2.52. The van der Waals surface area contributed by atoms with Crippen LogP contribution in [0.2, 0.25) is 0 Å². The summed E-state index contributed by atoms with van der Waals surface area (Å²) in [7, 11) is 0. The SMILES string of the molecule is CC(C)(C)OC(=O)N1CCC(Nc2ccccc2OC(=O)O)CC1. The van der Waals surface area contributed by atoms with Gasteiger partial charge in [-0.25, -0.2) is 9.59 Å². The Morgan fingerprint density at radius 1 is 1.21 bits per heavy atom. The Morgan fingerprint density at radius 2 is 1.83 bits per heavy atom. The number of amides is 1. The van der Waals surface area contributed by atoms with Crippen LogP contribution < -0.4 is 10.1 Å². The predicted molar refractivity (Wildman–Crippen MR) is 89.5 cm³/mol. The minimum atomic E-state index is -1.34. The number of para-hydroxylation sites is 2. The summed E-state index contributed by atoms with van der Waals surface area (Å²) in [5.41, 5.74) is 0.134. The number of benzene rings is 1. The average molecular weight is 336 g/mol. The lowest BCUT2D eigenvalue weighted by atomic mass is 10.0. The van der Waals surface area contributed by atoms with Crippen molar-refractivity contribution in [3.05, 3.63) is 24.3 Å². The molecule has 0 bridgehead atoms. The van der Waals surface area contributed by atoms with E-state index < -0.39 is 11.8 Å². The monoisotopic (exact) mass is 336 g/mol. The number of piperidine rings is 1. The Bertz CT molecular complexity index is 589. The number of rotatable bonds is 3. The number of likely N-dealkylation sites (tertiary alicyclic amines) is 1. The van der Waals surface area contributed by atoms with Gasteiger partial charge in [-0.15, -0.1) is 0 Å². The summed E-state index contributed by atoms with van der Waals surface area (Å²) in [5.74, 6) is 0.277. The maximum absolute atomic E-state index is 12.1. The topological polar surface area (TPSA) is 88.1 Å². The van der Waals surface area contributed by atoms with Gasteiger partial charge in [0.2, 0.25) is 0 Å². The maximum Gasteiger partial charge on any atom is 0.511 e. The molecule has 0 saturated carbocycles. The average Bonchev–Trinajstić information content (AvgIpc) is 2.48. The molecule has 132 valence electrons. The molecule has 0 atom stereocenters. The highest BCUT2D eigenvalue weighted by atomic mass is 16.7. The van der Waals surface area contributed by atoms with E-state index in [2.05, 4.69) is 5.32 Å². The van der Waals surface area contributed by atoms with Gasteiger partial charge < -0.3 is 24.8 Å². The first kappa shape index (κ1) is 17.9. The summed E-state index contributed by atoms with van der Waals surface area (Å²) >= 11 is 0. The van der Waals surface area contributed by atoms with Crippen LogP contribution in [0.1, 0.15) is 33.6 Å². The second-order valence-corrected chi connectivity index (χ2v) is 6.75. The molecule has 1 saturated heterocycles. The van der Waals surface area contributed by atoms with Crippen LogP contribution in [-0.2, 0) is 4.74 Å². The van der Waals surface area contributed by atoms with Gasteiger partial charge in [0, 0.05) is 19.1 Å². The van der Waals surface area contributed by atoms with Gasteiger partial charge in [-0.3, -0.25) is 0 Å². The third kappa shape index (κ3) is 5.33. The zero-order chi connectivity index (χ0) is 17.7. The maximum atomic E-state index is 12.1. The molecule has 7 heteroatoms. The smallest absolute Gasteiger partial charge is 0.449 e. The summed E-state index contributed by atoms with van der Waals surface area (Å²) in [4.78, 5) is 24.5.